The van der Waals surface area contributed by atoms with E-state index in [1.54, 1.807) is 0 Å². The molecule has 1 aliphatic heterocycles. The molecule has 2 atom stereocenters. The Morgan fingerprint density at radius 3 is 2.18 bits per heavy atom. The van der Waals surface area contributed by atoms with Crippen LogP contribution in [0.4, 0.5) is 5.69 Å². The van der Waals surface area contributed by atoms with Crippen LogP contribution in [-0.2, 0) is 11.2 Å². The van der Waals surface area contributed by atoms with Crippen LogP contribution in [0.1, 0.15) is 22.6 Å². The van der Waals surface area contributed by atoms with Gasteiger partial charge in [0, 0.05) is 24.7 Å². The Kier molecular flexibility index (Phi) is 6.37. The van der Waals surface area contributed by atoms with Crippen LogP contribution in [0, 0.1) is 5.92 Å². The fourth-order valence-corrected chi connectivity index (χ4v) is 4.04. The summed E-state index contributed by atoms with van der Waals surface area (Å²) < 4.78 is 0. The number of primary amides is 1. The van der Waals surface area contributed by atoms with Gasteiger partial charge >= 0.3 is 0 Å². The van der Waals surface area contributed by atoms with E-state index >= 15 is 0 Å². The van der Waals surface area contributed by atoms with Crippen molar-refractivity contribution < 1.29 is 4.79 Å². The van der Waals surface area contributed by atoms with Crippen LogP contribution in [-0.4, -0.2) is 19.0 Å². The molecular formula is C24H25ClN2O. The Morgan fingerprint density at radius 2 is 1.50 bits per heavy atom. The second-order valence-electron chi connectivity index (χ2n) is 7.26. The number of carbonyl (C=O) groups excluding carboxylic acids is 1. The third-order valence-electron chi connectivity index (χ3n) is 5.44. The molecule has 0 radical (unpaired) electrons. The van der Waals surface area contributed by atoms with Gasteiger partial charge in [-0.2, -0.15) is 0 Å². The predicted octanol–water partition coefficient (Wildman–Crippen LogP) is 4.40. The summed E-state index contributed by atoms with van der Waals surface area (Å²) in [4.78, 5) is 14.4. The maximum Gasteiger partial charge on any atom is 0.223 e. The van der Waals surface area contributed by atoms with E-state index in [0.29, 0.717) is 6.54 Å². The first-order chi connectivity index (χ1) is 13.2. The lowest BCUT2D eigenvalue weighted by atomic mass is 9.89. The first-order valence-electron chi connectivity index (χ1n) is 9.43. The molecule has 4 rings (SSSR count). The standard InChI is InChI=1S/C24H24N2O.ClH/c25-24(27)23-17-26(16-22(23)20-11-5-2-6-12-20)21-13-7-10-19(15-21)14-18-8-3-1-4-9-18;/h1-13,15,22-23H,14,16-17H2,(H2,25,27);1H. The maximum absolute atomic E-state index is 12.1. The average Bonchev–Trinajstić information content (AvgIpc) is 3.16. The minimum absolute atomic E-state index is 0. The fraction of sp³-hybridized carbons (Fsp3) is 0.208. The van der Waals surface area contributed by atoms with Crippen molar-refractivity contribution in [3.8, 4) is 0 Å². The molecule has 4 heteroatoms. The lowest BCUT2D eigenvalue weighted by Crippen LogP contribution is -2.29. The molecule has 0 aromatic heterocycles. The lowest BCUT2D eigenvalue weighted by molar-refractivity contribution is -0.121. The van der Waals surface area contributed by atoms with E-state index in [1.165, 1.54) is 16.7 Å². The molecule has 1 amide bonds. The fourth-order valence-electron chi connectivity index (χ4n) is 4.04. The third kappa shape index (κ3) is 4.37. The largest absolute Gasteiger partial charge is 0.370 e. The van der Waals surface area contributed by atoms with Crippen LogP contribution >= 0.6 is 12.4 Å². The number of rotatable bonds is 5. The lowest BCUT2D eigenvalue weighted by Gasteiger charge is -2.19. The Hall–Kier alpha value is -2.78. The van der Waals surface area contributed by atoms with Gasteiger partial charge in [-0.25, -0.2) is 0 Å². The summed E-state index contributed by atoms with van der Waals surface area (Å²) in [6, 6.07) is 29.3. The van der Waals surface area contributed by atoms with Gasteiger partial charge in [-0.15, -0.1) is 12.4 Å². The minimum atomic E-state index is -0.216. The van der Waals surface area contributed by atoms with Gasteiger partial charge in [0.15, 0.2) is 0 Å². The van der Waals surface area contributed by atoms with Crippen molar-refractivity contribution in [2.24, 2.45) is 11.7 Å². The van der Waals surface area contributed by atoms with Crippen molar-refractivity contribution >= 4 is 24.0 Å². The highest BCUT2D eigenvalue weighted by atomic mass is 35.5. The number of amides is 1. The van der Waals surface area contributed by atoms with Crippen LogP contribution in [0.3, 0.4) is 0 Å². The van der Waals surface area contributed by atoms with Gasteiger partial charge in [-0.3, -0.25) is 4.79 Å². The van der Waals surface area contributed by atoms with E-state index in [1.807, 2.05) is 24.3 Å². The van der Waals surface area contributed by atoms with E-state index in [2.05, 4.69) is 65.6 Å². The Bertz CT molecular complexity index is 914. The van der Waals surface area contributed by atoms with Crippen molar-refractivity contribution in [1.82, 2.24) is 0 Å². The van der Waals surface area contributed by atoms with Crippen LogP contribution in [0.15, 0.2) is 84.9 Å². The van der Waals surface area contributed by atoms with Crippen molar-refractivity contribution in [2.45, 2.75) is 12.3 Å². The highest BCUT2D eigenvalue weighted by Gasteiger charge is 2.37. The average molecular weight is 393 g/mol. The number of hydrogen-bond donors (Lipinski definition) is 1. The van der Waals surface area contributed by atoms with Crippen LogP contribution < -0.4 is 10.6 Å². The van der Waals surface area contributed by atoms with Crippen molar-refractivity contribution in [2.75, 3.05) is 18.0 Å². The molecule has 144 valence electrons. The van der Waals surface area contributed by atoms with Gasteiger partial charge in [0.2, 0.25) is 5.91 Å². The van der Waals surface area contributed by atoms with E-state index in [4.69, 9.17) is 5.73 Å². The maximum atomic E-state index is 12.1. The zero-order chi connectivity index (χ0) is 18.6. The van der Waals surface area contributed by atoms with Crippen molar-refractivity contribution in [3.63, 3.8) is 0 Å². The summed E-state index contributed by atoms with van der Waals surface area (Å²) >= 11 is 0. The summed E-state index contributed by atoms with van der Waals surface area (Å²) in [5, 5.41) is 0. The molecule has 1 heterocycles. The molecular weight excluding hydrogens is 368 g/mol. The Morgan fingerprint density at radius 1 is 0.857 bits per heavy atom. The summed E-state index contributed by atoms with van der Waals surface area (Å²) in [6.07, 6.45) is 0.907. The first-order valence-corrected chi connectivity index (χ1v) is 9.43. The number of nitrogens with zero attached hydrogens (tertiary/aromatic N) is 1. The van der Waals surface area contributed by atoms with Crippen LogP contribution in [0.2, 0.25) is 0 Å². The molecule has 2 unspecified atom stereocenters. The topological polar surface area (TPSA) is 46.3 Å². The molecule has 0 aliphatic carbocycles. The zero-order valence-electron chi connectivity index (χ0n) is 15.7. The van der Waals surface area contributed by atoms with E-state index in [9.17, 15) is 4.79 Å². The molecule has 0 saturated carbocycles. The predicted molar refractivity (Wildman–Crippen MR) is 117 cm³/mol. The quantitative estimate of drug-likeness (QED) is 0.699. The molecule has 0 spiro atoms. The number of halogens is 1. The van der Waals surface area contributed by atoms with Gasteiger partial charge in [-0.05, 0) is 35.2 Å². The molecule has 0 bridgehead atoms. The molecule has 3 aromatic rings. The highest BCUT2D eigenvalue weighted by Crippen LogP contribution is 2.35. The smallest absolute Gasteiger partial charge is 0.223 e. The highest BCUT2D eigenvalue weighted by molar-refractivity contribution is 5.85. The third-order valence-corrected chi connectivity index (χ3v) is 5.44. The van der Waals surface area contributed by atoms with E-state index in [-0.39, 0.29) is 30.2 Å². The molecule has 3 aromatic carbocycles. The SMILES string of the molecule is Cl.NC(=O)C1CN(c2cccc(Cc3ccccc3)c2)CC1c1ccccc1. The van der Waals surface area contributed by atoms with Gasteiger partial charge in [-0.1, -0.05) is 72.8 Å². The Balaban J connectivity index is 0.00000225. The molecule has 3 nitrogen and oxygen atoms in total. The first kappa shape index (κ1) is 20.0. The minimum Gasteiger partial charge on any atom is -0.370 e. The Labute approximate surface area is 172 Å². The second kappa shape index (κ2) is 8.94. The molecule has 1 fully saturated rings. The summed E-state index contributed by atoms with van der Waals surface area (Å²) in [5.41, 5.74) is 10.7. The molecule has 28 heavy (non-hydrogen) atoms. The van der Waals surface area contributed by atoms with E-state index < -0.39 is 0 Å². The van der Waals surface area contributed by atoms with Crippen LogP contribution in [0.25, 0.3) is 0 Å². The molecule has 1 aliphatic rings. The number of hydrogen-bond acceptors (Lipinski definition) is 2. The van der Waals surface area contributed by atoms with E-state index in [0.717, 1.165) is 18.7 Å². The number of anilines is 1. The molecule has 2 N–H and O–H groups in total. The van der Waals surface area contributed by atoms with Crippen molar-refractivity contribution in [3.05, 3.63) is 102 Å². The molecule has 1 saturated heterocycles. The van der Waals surface area contributed by atoms with Crippen molar-refractivity contribution in [1.29, 1.82) is 0 Å². The number of nitrogens with two attached hydrogens (primary N) is 1. The van der Waals surface area contributed by atoms with Crippen LogP contribution in [0.5, 0.6) is 0 Å². The van der Waals surface area contributed by atoms with Gasteiger partial charge in [0.1, 0.15) is 0 Å². The number of carbonyl (C=O) groups is 1. The second-order valence-corrected chi connectivity index (χ2v) is 7.26. The van der Waals surface area contributed by atoms with Gasteiger partial charge in [0.05, 0.1) is 5.92 Å². The monoisotopic (exact) mass is 392 g/mol. The summed E-state index contributed by atoms with van der Waals surface area (Å²) in [7, 11) is 0. The zero-order valence-corrected chi connectivity index (χ0v) is 16.5. The summed E-state index contributed by atoms with van der Waals surface area (Å²) in [5.74, 6) is -0.238. The normalized spacial score (nSPS) is 18.5. The van der Waals surface area contributed by atoms with Gasteiger partial charge < -0.3 is 10.6 Å². The number of benzene rings is 3. The van der Waals surface area contributed by atoms with Gasteiger partial charge in [0.25, 0.3) is 0 Å². The summed E-state index contributed by atoms with van der Waals surface area (Å²) in [6.45, 7) is 1.48.